The van der Waals surface area contributed by atoms with Gasteiger partial charge in [0.05, 0.1) is 0 Å². The smallest absolute Gasteiger partial charge is 0.103 e. The Hall–Kier alpha value is -0.0900. The van der Waals surface area contributed by atoms with Gasteiger partial charge in [0.25, 0.3) is 0 Å². The lowest BCUT2D eigenvalue weighted by Crippen LogP contribution is -2.40. The van der Waals surface area contributed by atoms with Crippen LogP contribution in [0, 0.1) is 5.92 Å². The van der Waals surface area contributed by atoms with Gasteiger partial charge in [0.15, 0.2) is 0 Å². The molecular weight excluding hydrogens is 314 g/mol. The first kappa shape index (κ1) is 18.3. The second-order valence-corrected chi connectivity index (χ2v) is 7.84. The standard InChI is InChI=1S/C18H29NOS.ClH/c20-18(17-10-7-15-21-17,16-8-3-1-4-9-16)11-14-19-12-5-2-6-13-19;/h7,10,15-16,20H,1-6,8-9,11-14H2;1H. The number of piperidine rings is 1. The fourth-order valence-corrected chi connectivity index (χ4v) is 5.08. The third-order valence-corrected chi connectivity index (χ3v) is 6.52. The number of aliphatic hydroxyl groups is 1. The number of hydrogen-bond donors (Lipinski definition) is 1. The molecule has 1 aromatic rings. The van der Waals surface area contributed by atoms with Crippen molar-refractivity contribution in [3.8, 4) is 0 Å². The molecule has 0 radical (unpaired) electrons. The minimum absolute atomic E-state index is 0. The summed E-state index contributed by atoms with van der Waals surface area (Å²) in [5.41, 5.74) is -0.577. The van der Waals surface area contributed by atoms with Crippen LogP contribution in [-0.2, 0) is 5.60 Å². The topological polar surface area (TPSA) is 23.5 Å². The molecule has 2 heterocycles. The Kier molecular flexibility index (Phi) is 7.20. The fraction of sp³-hybridized carbons (Fsp3) is 0.778. The predicted molar refractivity (Wildman–Crippen MR) is 96.9 cm³/mol. The summed E-state index contributed by atoms with van der Waals surface area (Å²) in [7, 11) is 0. The molecule has 4 heteroatoms. The van der Waals surface area contributed by atoms with Crippen LogP contribution in [0.1, 0.15) is 62.7 Å². The van der Waals surface area contributed by atoms with Crippen molar-refractivity contribution in [2.75, 3.05) is 19.6 Å². The van der Waals surface area contributed by atoms with Gasteiger partial charge in [0.2, 0.25) is 0 Å². The SMILES string of the molecule is Cl.OC(CCN1CCCCC1)(c1cccs1)C1CCCCC1. The van der Waals surface area contributed by atoms with E-state index in [1.165, 1.54) is 69.3 Å². The minimum atomic E-state index is -0.577. The quantitative estimate of drug-likeness (QED) is 0.829. The molecule has 0 bridgehead atoms. The largest absolute Gasteiger partial charge is 0.384 e. The van der Waals surface area contributed by atoms with Gasteiger partial charge in [-0.3, -0.25) is 0 Å². The molecule has 0 spiro atoms. The van der Waals surface area contributed by atoms with Crippen LogP contribution in [0.15, 0.2) is 17.5 Å². The predicted octanol–water partition coefficient (Wildman–Crippen LogP) is 4.81. The lowest BCUT2D eigenvalue weighted by atomic mass is 9.74. The number of likely N-dealkylation sites (tertiary alicyclic amines) is 1. The highest BCUT2D eigenvalue weighted by molar-refractivity contribution is 7.10. The van der Waals surface area contributed by atoms with E-state index in [2.05, 4.69) is 22.4 Å². The van der Waals surface area contributed by atoms with E-state index in [1.54, 1.807) is 11.3 Å². The summed E-state index contributed by atoms with van der Waals surface area (Å²) in [6.45, 7) is 3.52. The van der Waals surface area contributed by atoms with Gasteiger partial charge >= 0.3 is 0 Å². The third-order valence-electron chi connectivity index (χ3n) is 5.49. The van der Waals surface area contributed by atoms with Crippen molar-refractivity contribution < 1.29 is 5.11 Å². The first-order chi connectivity index (χ1) is 10.3. The van der Waals surface area contributed by atoms with Gasteiger partial charge < -0.3 is 10.0 Å². The van der Waals surface area contributed by atoms with Crippen LogP contribution < -0.4 is 0 Å². The first-order valence-corrected chi connectivity index (χ1v) is 9.66. The second kappa shape index (κ2) is 8.68. The number of thiophene rings is 1. The number of halogens is 1. The molecule has 1 saturated heterocycles. The summed E-state index contributed by atoms with van der Waals surface area (Å²) >= 11 is 1.74. The van der Waals surface area contributed by atoms with Gasteiger partial charge in [-0.2, -0.15) is 0 Å². The Morgan fingerprint density at radius 3 is 2.41 bits per heavy atom. The average Bonchev–Trinajstić information content (AvgIpc) is 3.09. The van der Waals surface area contributed by atoms with Gasteiger partial charge in [-0.15, -0.1) is 23.7 Å². The summed E-state index contributed by atoms with van der Waals surface area (Å²) in [5, 5.41) is 13.6. The Morgan fingerprint density at radius 2 is 1.77 bits per heavy atom. The van der Waals surface area contributed by atoms with Crippen LogP contribution in [0.5, 0.6) is 0 Å². The maximum absolute atomic E-state index is 11.5. The van der Waals surface area contributed by atoms with Gasteiger partial charge in [-0.25, -0.2) is 0 Å². The molecule has 2 fully saturated rings. The van der Waals surface area contributed by atoms with E-state index in [-0.39, 0.29) is 12.4 Å². The van der Waals surface area contributed by atoms with Gasteiger partial charge in [0, 0.05) is 11.4 Å². The Balaban J connectivity index is 0.00000176. The fourth-order valence-electron chi connectivity index (χ4n) is 4.15. The molecule has 3 rings (SSSR count). The molecule has 0 aromatic carbocycles. The van der Waals surface area contributed by atoms with Crippen molar-refractivity contribution >= 4 is 23.7 Å². The van der Waals surface area contributed by atoms with Gasteiger partial charge in [-0.05, 0) is 62.6 Å². The molecule has 1 aliphatic carbocycles. The molecule has 126 valence electrons. The highest BCUT2D eigenvalue weighted by Gasteiger charge is 2.39. The maximum atomic E-state index is 11.5. The normalized spacial score (nSPS) is 23.7. The molecule has 1 saturated carbocycles. The van der Waals surface area contributed by atoms with E-state index in [0.717, 1.165) is 13.0 Å². The summed E-state index contributed by atoms with van der Waals surface area (Å²) < 4.78 is 0. The zero-order chi connectivity index (χ0) is 14.5. The summed E-state index contributed by atoms with van der Waals surface area (Å²) in [5.74, 6) is 0.467. The van der Waals surface area contributed by atoms with Crippen molar-refractivity contribution in [2.45, 2.75) is 63.4 Å². The molecule has 2 aliphatic rings. The summed E-state index contributed by atoms with van der Waals surface area (Å²) in [4.78, 5) is 3.76. The maximum Gasteiger partial charge on any atom is 0.103 e. The Bertz CT molecular complexity index is 413. The summed E-state index contributed by atoms with van der Waals surface area (Å²) in [6.07, 6.45) is 11.3. The van der Waals surface area contributed by atoms with Crippen molar-refractivity contribution in [2.24, 2.45) is 5.92 Å². The van der Waals surface area contributed by atoms with Gasteiger partial charge in [0.1, 0.15) is 5.60 Å². The van der Waals surface area contributed by atoms with Gasteiger partial charge in [-0.1, -0.05) is 31.7 Å². The highest BCUT2D eigenvalue weighted by Crippen LogP contribution is 2.43. The molecule has 1 aromatic heterocycles. The van der Waals surface area contributed by atoms with E-state index in [0.29, 0.717) is 5.92 Å². The van der Waals surface area contributed by atoms with E-state index in [1.807, 2.05) is 0 Å². The molecule has 1 unspecified atom stereocenters. The zero-order valence-electron chi connectivity index (χ0n) is 13.5. The van der Waals surface area contributed by atoms with E-state index in [4.69, 9.17) is 0 Å². The van der Waals surface area contributed by atoms with Crippen LogP contribution in [0.25, 0.3) is 0 Å². The van der Waals surface area contributed by atoms with E-state index in [9.17, 15) is 5.11 Å². The zero-order valence-corrected chi connectivity index (χ0v) is 15.1. The monoisotopic (exact) mass is 343 g/mol. The van der Waals surface area contributed by atoms with Crippen LogP contribution in [0.4, 0.5) is 0 Å². The van der Waals surface area contributed by atoms with Crippen LogP contribution in [0.3, 0.4) is 0 Å². The Morgan fingerprint density at radius 1 is 1.09 bits per heavy atom. The second-order valence-electron chi connectivity index (χ2n) is 6.89. The number of rotatable bonds is 5. The molecule has 1 N–H and O–H groups in total. The van der Waals surface area contributed by atoms with E-state index < -0.39 is 5.60 Å². The average molecular weight is 344 g/mol. The van der Waals surface area contributed by atoms with Crippen molar-refractivity contribution in [1.82, 2.24) is 4.90 Å². The van der Waals surface area contributed by atoms with E-state index >= 15 is 0 Å². The lowest BCUT2D eigenvalue weighted by Gasteiger charge is -2.40. The van der Waals surface area contributed by atoms with Crippen molar-refractivity contribution in [3.63, 3.8) is 0 Å². The van der Waals surface area contributed by atoms with Crippen LogP contribution in [0.2, 0.25) is 0 Å². The molecule has 1 atom stereocenters. The van der Waals surface area contributed by atoms with Crippen molar-refractivity contribution in [3.05, 3.63) is 22.4 Å². The van der Waals surface area contributed by atoms with Crippen molar-refractivity contribution in [1.29, 1.82) is 0 Å². The summed E-state index contributed by atoms with van der Waals surface area (Å²) in [6, 6.07) is 4.24. The molecule has 0 amide bonds. The Labute approximate surface area is 145 Å². The minimum Gasteiger partial charge on any atom is -0.384 e. The highest BCUT2D eigenvalue weighted by atomic mass is 35.5. The number of hydrogen-bond acceptors (Lipinski definition) is 3. The number of nitrogens with zero attached hydrogens (tertiary/aromatic N) is 1. The lowest BCUT2D eigenvalue weighted by molar-refractivity contribution is -0.0498. The third kappa shape index (κ3) is 4.25. The molecule has 22 heavy (non-hydrogen) atoms. The van der Waals surface area contributed by atoms with Crippen LogP contribution >= 0.6 is 23.7 Å². The molecular formula is C18H30ClNOS. The molecule has 1 aliphatic heterocycles. The van der Waals surface area contributed by atoms with Crippen LogP contribution in [-0.4, -0.2) is 29.6 Å². The first-order valence-electron chi connectivity index (χ1n) is 8.78. The molecule has 2 nitrogen and oxygen atoms in total.